The summed E-state index contributed by atoms with van der Waals surface area (Å²) in [5, 5.41) is 4.81. The van der Waals surface area contributed by atoms with Crippen molar-refractivity contribution in [2.45, 2.75) is 5.41 Å². The topological polar surface area (TPSA) is 15.7 Å². The van der Waals surface area contributed by atoms with Crippen molar-refractivity contribution in [3.8, 4) is 22.6 Å². The molecule has 1 heterocycles. The zero-order valence-corrected chi connectivity index (χ0v) is 32.7. The van der Waals surface area contributed by atoms with Gasteiger partial charge in [0.05, 0.1) is 5.41 Å². The number of nitrogens with zero attached hydrogens (tertiary/aromatic N) is 2. The maximum Gasteiger partial charge on any atom is 0.134 e. The van der Waals surface area contributed by atoms with Crippen LogP contribution in [0.3, 0.4) is 0 Å². The maximum absolute atomic E-state index is 7.31. The molecule has 60 heavy (non-hydrogen) atoms. The molecule has 0 saturated carbocycles. The van der Waals surface area contributed by atoms with E-state index in [4.69, 9.17) is 4.74 Å². The quantitative estimate of drug-likeness (QED) is 0.168. The molecule has 0 fully saturated rings. The normalized spacial score (nSPS) is 12.9. The zero-order valence-electron chi connectivity index (χ0n) is 32.7. The van der Waals surface area contributed by atoms with Crippen LogP contribution in [-0.4, -0.2) is 0 Å². The van der Waals surface area contributed by atoms with E-state index < -0.39 is 5.41 Å². The van der Waals surface area contributed by atoms with Crippen LogP contribution < -0.4 is 14.5 Å². The molecular weight excluding hydrogens is 729 g/mol. The summed E-state index contributed by atoms with van der Waals surface area (Å²) in [4.78, 5) is 4.67. The van der Waals surface area contributed by atoms with E-state index in [2.05, 4.69) is 240 Å². The van der Waals surface area contributed by atoms with Crippen LogP contribution in [0.25, 0.3) is 32.7 Å². The van der Waals surface area contributed by atoms with E-state index in [1.807, 2.05) is 0 Å². The fourth-order valence-electron chi connectivity index (χ4n) is 9.85. The van der Waals surface area contributed by atoms with E-state index >= 15 is 0 Å². The molecule has 1 aliphatic carbocycles. The second-order valence-corrected chi connectivity index (χ2v) is 15.7. The number of ether oxygens (including phenoxy) is 1. The van der Waals surface area contributed by atoms with Crippen LogP contribution in [0.4, 0.5) is 34.1 Å². The highest BCUT2D eigenvalue weighted by atomic mass is 16.5. The molecule has 0 saturated heterocycles. The Balaban J connectivity index is 1.09. The molecule has 10 aromatic carbocycles. The third-order valence-corrected chi connectivity index (χ3v) is 12.4. The summed E-state index contributed by atoms with van der Waals surface area (Å²) in [6, 6.07) is 83.2. The second-order valence-electron chi connectivity index (χ2n) is 15.7. The molecule has 1 spiro atoms. The first-order chi connectivity index (χ1) is 29.7. The summed E-state index contributed by atoms with van der Waals surface area (Å²) in [7, 11) is 0. The predicted octanol–water partition coefficient (Wildman–Crippen LogP) is 15.4. The lowest BCUT2D eigenvalue weighted by atomic mass is 9.66. The monoisotopic (exact) mass is 766 g/mol. The van der Waals surface area contributed by atoms with E-state index in [0.717, 1.165) is 56.8 Å². The van der Waals surface area contributed by atoms with Crippen molar-refractivity contribution in [2.75, 3.05) is 9.80 Å². The second kappa shape index (κ2) is 13.6. The Morgan fingerprint density at radius 1 is 0.267 bits per heavy atom. The summed E-state index contributed by atoms with van der Waals surface area (Å²) in [5.41, 5.74) is 13.0. The third kappa shape index (κ3) is 5.23. The lowest BCUT2D eigenvalue weighted by Gasteiger charge is -2.40. The van der Waals surface area contributed by atoms with Gasteiger partial charge in [0.2, 0.25) is 0 Å². The molecule has 3 nitrogen and oxygen atoms in total. The van der Waals surface area contributed by atoms with Gasteiger partial charge in [0.15, 0.2) is 0 Å². The summed E-state index contributed by atoms with van der Waals surface area (Å²) in [6.45, 7) is 0. The van der Waals surface area contributed by atoms with Crippen LogP contribution in [0.2, 0.25) is 0 Å². The molecule has 10 aromatic rings. The van der Waals surface area contributed by atoms with E-state index in [9.17, 15) is 0 Å². The highest BCUT2D eigenvalue weighted by molar-refractivity contribution is 5.93. The van der Waals surface area contributed by atoms with Gasteiger partial charge in [-0.1, -0.05) is 158 Å². The van der Waals surface area contributed by atoms with E-state index in [1.54, 1.807) is 0 Å². The molecule has 3 heteroatoms. The van der Waals surface area contributed by atoms with Crippen molar-refractivity contribution >= 4 is 55.7 Å². The lowest BCUT2D eigenvalue weighted by Crippen LogP contribution is -2.32. The van der Waals surface area contributed by atoms with Crippen LogP contribution in [0.15, 0.2) is 231 Å². The zero-order chi connectivity index (χ0) is 39.6. The first-order valence-electron chi connectivity index (χ1n) is 20.6. The Labute approximate surface area is 349 Å². The first kappa shape index (κ1) is 34.2. The van der Waals surface area contributed by atoms with Crippen LogP contribution >= 0.6 is 0 Å². The SMILES string of the molecule is c1ccc(N(c2ccc3c(c2)Oc2cc(N(c4ccccc4)c4ccc5ccccc5c4)ccc2C32c3ccccc3-c3ccccc32)c2ccc3ccccc3c2)cc1. The average molecular weight is 767 g/mol. The number of anilines is 6. The fourth-order valence-corrected chi connectivity index (χ4v) is 9.85. The van der Waals surface area contributed by atoms with Gasteiger partial charge in [-0.3, -0.25) is 0 Å². The van der Waals surface area contributed by atoms with Crippen LogP contribution in [0, 0.1) is 0 Å². The van der Waals surface area contributed by atoms with Gasteiger partial charge in [0, 0.05) is 57.4 Å². The van der Waals surface area contributed by atoms with Gasteiger partial charge in [-0.15, -0.1) is 0 Å². The number of rotatable bonds is 6. The molecule has 12 rings (SSSR count). The predicted molar refractivity (Wildman–Crippen MR) is 248 cm³/mol. The molecule has 0 bridgehead atoms. The van der Waals surface area contributed by atoms with E-state index in [1.165, 1.54) is 43.8 Å². The highest BCUT2D eigenvalue weighted by Crippen LogP contribution is 2.63. The molecule has 0 unspecified atom stereocenters. The van der Waals surface area contributed by atoms with Crippen molar-refractivity contribution < 1.29 is 4.74 Å². The first-order valence-corrected chi connectivity index (χ1v) is 20.6. The van der Waals surface area contributed by atoms with Crippen molar-refractivity contribution in [3.05, 3.63) is 253 Å². The van der Waals surface area contributed by atoms with Gasteiger partial charge in [0.1, 0.15) is 11.5 Å². The summed E-state index contributed by atoms with van der Waals surface area (Å²) < 4.78 is 7.31. The third-order valence-electron chi connectivity index (χ3n) is 12.4. The Hall–Kier alpha value is -7.88. The average Bonchev–Trinajstić information content (AvgIpc) is 3.60. The maximum atomic E-state index is 7.31. The molecule has 0 N–H and O–H groups in total. The van der Waals surface area contributed by atoms with Crippen LogP contribution in [0.5, 0.6) is 11.5 Å². The molecule has 282 valence electrons. The standard InChI is InChI=1S/C57H38N2O/c1-3-19-43(20-4-1)58(45-29-27-39-15-7-9-17-41(39)35-45)47-31-33-53-55(37-47)60-56-38-48(59(44-21-5-2-6-22-44)46-30-28-40-16-8-10-18-42(40)36-46)32-34-54(56)57(53)51-25-13-11-23-49(51)50-24-12-14-26-52(50)57/h1-38H. The Morgan fingerprint density at radius 3 is 1.10 bits per heavy atom. The molecule has 0 radical (unpaired) electrons. The fraction of sp³-hybridized carbons (Fsp3) is 0.0175. The number of para-hydroxylation sites is 2. The van der Waals surface area contributed by atoms with Crippen LogP contribution in [0.1, 0.15) is 22.3 Å². The Kier molecular flexibility index (Phi) is 7.76. The molecule has 0 aromatic heterocycles. The van der Waals surface area contributed by atoms with Gasteiger partial charge in [-0.2, -0.15) is 0 Å². The van der Waals surface area contributed by atoms with Crippen molar-refractivity contribution in [1.82, 2.24) is 0 Å². The van der Waals surface area contributed by atoms with Gasteiger partial charge >= 0.3 is 0 Å². The molecule has 2 aliphatic rings. The summed E-state index contributed by atoms with van der Waals surface area (Å²) in [6.07, 6.45) is 0. The Morgan fingerprint density at radius 2 is 0.633 bits per heavy atom. The largest absolute Gasteiger partial charge is 0.457 e. The minimum Gasteiger partial charge on any atom is -0.457 e. The van der Waals surface area contributed by atoms with E-state index in [0.29, 0.717) is 0 Å². The van der Waals surface area contributed by atoms with Crippen molar-refractivity contribution in [1.29, 1.82) is 0 Å². The van der Waals surface area contributed by atoms with Crippen molar-refractivity contribution in [3.63, 3.8) is 0 Å². The van der Waals surface area contributed by atoms with Gasteiger partial charge < -0.3 is 14.5 Å². The van der Waals surface area contributed by atoms with Crippen LogP contribution in [-0.2, 0) is 5.41 Å². The van der Waals surface area contributed by atoms with Gasteiger partial charge in [-0.25, -0.2) is 0 Å². The number of hydrogen-bond acceptors (Lipinski definition) is 3. The minimum atomic E-state index is -0.603. The molecule has 0 amide bonds. The minimum absolute atomic E-state index is 0.603. The van der Waals surface area contributed by atoms with E-state index in [-0.39, 0.29) is 0 Å². The van der Waals surface area contributed by atoms with Gasteiger partial charge in [-0.05, 0) is 104 Å². The number of fused-ring (bicyclic) bond motifs is 11. The number of hydrogen-bond donors (Lipinski definition) is 0. The molecule has 0 atom stereocenters. The lowest BCUT2D eigenvalue weighted by molar-refractivity contribution is 0.436. The highest BCUT2D eigenvalue weighted by Gasteiger charge is 2.51. The Bertz CT molecular complexity index is 3050. The number of benzene rings is 10. The van der Waals surface area contributed by atoms with Crippen molar-refractivity contribution in [2.24, 2.45) is 0 Å². The smallest absolute Gasteiger partial charge is 0.134 e. The molecular formula is C57H38N2O. The summed E-state index contributed by atoms with van der Waals surface area (Å²) in [5.74, 6) is 1.67. The summed E-state index contributed by atoms with van der Waals surface area (Å²) >= 11 is 0. The molecule has 1 aliphatic heterocycles. The van der Waals surface area contributed by atoms with Gasteiger partial charge in [0.25, 0.3) is 0 Å².